The highest BCUT2D eigenvalue weighted by molar-refractivity contribution is 6.29. The van der Waals surface area contributed by atoms with Gasteiger partial charge in [-0.2, -0.15) is 0 Å². The lowest BCUT2D eigenvalue weighted by Gasteiger charge is -2.36. The molecular formula is C18H23ClN6O2. The lowest BCUT2D eigenvalue weighted by molar-refractivity contribution is -0.00575. The Bertz CT molecular complexity index is 887. The number of nitrogens with zero attached hydrogens (tertiary/aromatic N) is 5. The molecule has 2 aromatic heterocycles. The fraction of sp³-hybridized carbons (Fsp3) is 0.556. The summed E-state index contributed by atoms with van der Waals surface area (Å²) in [5.74, 6) is 1.99. The van der Waals surface area contributed by atoms with E-state index in [0.29, 0.717) is 49.5 Å². The second-order valence-corrected chi connectivity index (χ2v) is 7.63. The second-order valence-electron chi connectivity index (χ2n) is 7.24. The molecule has 1 saturated heterocycles. The maximum absolute atomic E-state index is 12.6. The first-order valence-corrected chi connectivity index (χ1v) is 9.55. The number of nitrogens with one attached hydrogen (secondary N) is 1. The normalized spacial score (nSPS) is 22.7. The molecule has 144 valence electrons. The van der Waals surface area contributed by atoms with Gasteiger partial charge in [0, 0.05) is 31.3 Å². The van der Waals surface area contributed by atoms with E-state index in [4.69, 9.17) is 21.3 Å². The smallest absolute Gasteiger partial charge is 0.255 e. The molecule has 0 bridgehead atoms. The molecule has 0 aliphatic carbocycles. The summed E-state index contributed by atoms with van der Waals surface area (Å²) in [7, 11) is 0. The van der Waals surface area contributed by atoms with Crippen LogP contribution in [-0.2, 0) is 17.7 Å². The summed E-state index contributed by atoms with van der Waals surface area (Å²) in [6.07, 6.45) is 0.810. The Morgan fingerprint density at radius 1 is 1.19 bits per heavy atom. The molecule has 0 amide bonds. The minimum Gasteiger partial charge on any atom is -0.372 e. The van der Waals surface area contributed by atoms with Gasteiger partial charge in [-0.15, -0.1) is 0 Å². The molecule has 0 saturated carbocycles. The van der Waals surface area contributed by atoms with Crippen molar-refractivity contribution in [2.24, 2.45) is 0 Å². The lowest BCUT2D eigenvalue weighted by Crippen LogP contribution is -2.47. The van der Waals surface area contributed by atoms with Crippen molar-refractivity contribution in [2.45, 2.75) is 45.9 Å². The molecule has 2 atom stereocenters. The number of fused-ring (bicyclic) bond motifs is 1. The Balaban J connectivity index is 1.64. The van der Waals surface area contributed by atoms with Gasteiger partial charge < -0.3 is 14.5 Å². The maximum atomic E-state index is 12.6. The topological polar surface area (TPSA) is 87.2 Å². The maximum Gasteiger partial charge on any atom is 0.255 e. The lowest BCUT2D eigenvalue weighted by atomic mass is 10.1. The van der Waals surface area contributed by atoms with Crippen LogP contribution in [0.5, 0.6) is 0 Å². The Labute approximate surface area is 162 Å². The molecule has 2 aliphatic heterocycles. The molecule has 8 nitrogen and oxygen atoms in total. The number of anilines is 2. The number of aromatic nitrogens is 4. The Kier molecular flexibility index (Phi) is 4.77. The fourth-order valence-corrected chi connectivity index (χ4v) is 4.02. The van der Waals surface area contributed by atoms with Crippen molar-refractivity contribution >= 4 is 23.4 Å². The van der Waals surface area contributed by atoms with Crippen molar-refractivity contribution in [1.29, 1.82) is 0 Å². The third-order valence-corrected chi connectivity index (χ3v) is 5.09. The van der Waals surface area contributed by atoms with Crippen LogP contribution < -0.4 is 15.4 Å². The molecule has 2 aromatic rings. The van der Waals surface area contributed by atoms with E-state index in [1.807, 2.05) is 20.8 Å². The summed E-state index contributed by atoms with van der Waals surface area (Å²) in [6, 6.07) is 1.75. The Morgan fingerprint density at radius 3 is 2.63 bits per heavy atom. The van der Waals surface area contributed by atoms with Gasteiger partial charge in [-0.25, -0.2) is 15.0 Å². The van der Waals surface area contributed by atoms with Crippen LogP contribution in [0.15, 0.2) is 10.9 Å². The summed E-state index contributed by atoms with van der Waals surface area (Å²) in [5, 5.41) is 0.416. The van der Waals surface area contributed by atoms with Crippen LogP contribution >= 0.6 is 11.6 Å². The molecule has 0 unspecified atom stereocenters. The van der Waals surface area contributed by atoms with Gasteiger partial charge >= 0.3 is 0 Å². The molecule has 9 heteroatoms. The van der Waals surface area contributed by atoms with Crippen molar-refractivity contribution in [3.63, 3.8) is 0 Å². The third-order valence-electron chi connectivity index (χ3n) is 4.90. The first-order valence-electron chi connectivity index (χ1n) is 9.17. The van der Waals surface area contributed by atoms with Gasteiger partial charge in [0.05, 0.1) is 24.4 Å². The summed E-state index contributed by atoms with van der Waals surface area (Å²) in [4.78, 5) is 33.1. The van der Waals surface area contributed by atoms with Crippen LogP contribution in [0, 0.1) is 6.92 Å². The van der Waals surface area contributed by atoms with Crippen molar-refractivity contribution < 1.29 is 4.74 Å². The molecule has 0 radical (unpaired) electrons. The number of aryl methyl sites for hydroxylation is 1. The highest BCUT2D eigenvalue weighted by Gasteiger charge is 2.27. The van der Waals surface area contributed by atoms with Gasteiger partial charge in [0.2, 0.25) is 5.95 Å². The molecular weight excluding hydrogens is 368 g/mol. The van der Waals surface area contributed by atoms with E-state index in [1.54, 1.807) is 6.07 Å². The number of hydrogen-bond donors (Lipinski definition) is 1. The SMILES string of the molecule is Cc1nc(Cl)cc(N2CCc3c(nc(N4C[C@@H](C)O[C@H](C)C4)[nH]c3=O)C2)n1. The van der Waals surface area contributed by atoms with Crippen molar-refractivity contribution in [3.05, 3.63) is 38.7 Å². The zero-order valence-corrected chi connectivity index (χ0v) is 16.5. The van der Waals surface area contributed by atoms with Crippen LogP contribution in [0.4, 0.5) is 11.8 Å². The molecule has 0 spiro atoms. The Hall–Kier alpha value is -2.19. The van der Waals surface area contributed by atoms with Gasteiger partial charge in [0.1, 0.15) is 16.8 Å². The van der Waals surface area contributed by atoms with E-state index >= 15 is 0 Å². The van der Waals surface area contributed by atoms with E-state index < -0.39 is 0 Å². The number of halogens is 1. The largest absolute Gasteiger partial charge is 0.372 e. The minimum absolute atomic E-state index is 0.0571. The average Bonchev–Trinajstić information content (AvgIpc) is 2.59. The molecule has 27 heavy (non-hydrogen) atoms. The monoisotopic (exact) mass is 390 g/mol. The van der Waals surface area contributed by atoms with Gasteiger partial charge in [0.25, 0.3) is 5.56 Å². The zero-order chi connectivity index (χ0) is 19.1. The first-order chi connectivity index (χ1) is 12.9. The summed E-state index contributed by atoms with van der Waals surface area (Å²) >= 11 is 6.08. The number of rotatable bonds is 2. The van der Waals surface area contributed by atoms with Crippen LogP contribution in [0.1, 0.15) is 30.9 Å². The van der Waals surface area contributed by atoms with Crippen molar-refractivity contribution in [3.8, 4) is 0 Å². The van der Waals surface area contributed by atoms with Crippen molar-refractivity contribution in [2.75, 3.05) is 29.4 Å². The molecule has 2 aliphatic rings. The quantitative estimate of drug-likeness (QED) is 0.781. The standard InChI is InChI=1S/C18H23ClN6O2/c1-10-7-25(8-11(2)27-10)18-22-14-9-24(5-4-13(14)17(26)23-18)16-6-15(19)20-12(3)21-16/h6,10-11H,4-5,7-9H2,1-3H3,(H,22,23,26)/t10-,11-/m1/s1. The fourth-order valence-electron chi connectivity index (χ4n) is 3.80. The zero-order valence-electron chi connectivity index (χ0n) is 15.7. The van der Waals surface area contributed by atoms with E-state index in [-0.39, 0.29) is 17.8 Å². The molecule has 4 rings (SSSR count). The predicted octanol–water partition coefficient (Wildman–Crippen LogP) is 1.70. The summed E-state index contributed by atoms with van der Waals surface area (Å²) in [5.41, 5.74) is 1.48. The number of morpholine rings is 1. The van der Waals surface area contributed by atoms with Gasteiger partial charge in [-0.3, -0.25) is 9.78 Å². The predicted molar refractivity (Wildman–Crippen MR) is 104 cm³/mol. The van der Waals surface area contributed by atoms with Crippen LogP contribution in [-0.4, -0.2) is 51.8 Å². The van der Waals surface area contributed by atoms with E-state index in [0.717, 1.165) is 17.1 Å². The van der Waals surface area contributed by atoms with Crippen LogP contribution in [0.3, 0.4) is 0 Å². The van der Waals surface area contributed by atoms with E-state index in [1.165, 1.54) is 0 Å². The highest BCUT2D eigenvalue weighted by atomic mass is 35.5. The van der Waals surface area contributed by atoms with Gasteiger partial charge in [0.15, 0.2) is 0 Å². The van der Waals surface area contributed by atoms with Gasteiger partial charge in [-0.1, -0.05) is 11.6 Å². The molecule has 4 heterocycles. The van der Waals surface area contributed by atoms with Crippen molar-refractivity contribution in [1.82, 2.24) is 19.9 Å². The van der Waals surface area contributed by atoms with Crippen LogP contribution in [0.25, 0.3) is 0 Å². The first kappa shape index (κ1) is 18.2. The number of hydrogen-bond acceptors (Lipinski definition) is 7. The molecule has 1 N–H and O–H groups in total. The number of aromatic amines is 1. The minimum atomic E-state index is -0.0571. The second kappa shape index (κ2) is 7.09. The number of H-pyrrole nitrogens is 1. The highest BCUT2D eigenvalue weighted by Crippen LogP contribution is 2.24. The van der Waals surface area contributed by atoms with Gasteiger partial charge in [-0.05, 0) is 27.2 Å². The third kappa shape index (κ3) is 3.77. The van der Waals surface area contributed by atoms with E-state index in [2.05, 4.69) is 24.8 Å². The molecule has 1 fully saturated rings. The summed E-state index contributed by atoms with van der Waals surface area (Å²) < 4.78 is 5.78. The molecule has 0 aromatic carbocycles. The average molecular weight is 391 g/mol. The van der Waals surface area contributed by atoms with Crippen LogP contribution in [0.2, 0.25) is 5.15 Å². The Morgan fingerprint density at radius 2 is 1.93 bits per heavy atom. The van der Waals surface area contributed by atoms with E-state index in [9.17, 15) is 4.79 Å². The number of ether oxygens (including phenoxy) is 1. The summed E-state index contributed by atoms with van der Waals surface area (Å²) in [6.45, 7) is 8.50.